The Kier molecular flexibility index (Phi) is 2.49. The number of rotatable bonds is 2. The van der Waals surface area contributed by atoms with Crippen LogP contribution in [0, 0.1) is 6.07 Å². The summed E-state index contributed by atoms with van der Waals surface area (Å²) in [7, 11) is 0. The van der Waals surface area contributed by atoms with Gasteiger partial charge in [-0.15, -0.1) is 0 Å². The van der Waals surface area contributed by atoms with Gasteiger partial charge in [-0.25, -0.2) is 5.48 Å². The monoisotopic (exact) mass is 150 g/mol. The highest BCUT2D eigenvalue weighted by atomic mass is 16.7. The third-order valence-electron chi connectivity index (χ3n) is 1.01. The fourth-order valence-electron chi connectivity index (χ4n) is 0.584. The smallest absolute Gasteiger partial charge is 0.329 e. The molecule has 0 aliphatic carbocycles. The van der Waals surface area contributed by atoms with Gasteiger partial charge in [0.25, 0.3) is 0 Å². The predicted molar refractivity (Wildman–Crippen MR) is 40.7 cm³/mol. The summed E-state index contributed by atoms with van der Waals surface area (Å²) >= 11 is 0. The average molecular weight is 150 g/mol. The second kappa shape index (κ2) is 3.61. The normalized spacial score (nSPS) is 8.82. The molecule has 1 radical (unpaired) electrons. The molecular formula is C8H8NO2. The lowest BCUT2D eigenvalue weighted by Gasteiger charge is -2.02. The van der Waals surface area contributed by atoms with Gasteiger partial charge in [0.15, 0.2) is 0 Å². The standard InChI is InChI=1S/C8H8NO2/c1-7(10)11-9-8-5-3-2-4-6-8/h2-5,9H,1H3. The summed E-state index contributed by atoms with van der Waals surface area (Å²) in [6.07, 6.45) is 0. The van der Waals surface area contributed by atoms with Crippen LogP contribution in [0.4, 0.5) is 5.69 Å². The van der Waals surface area contributed by atoms with Crippen molar-refractivity contribution in [2.24, 2.45) is 0 Å². The first-order valence-corrected chi connectivity index (χ1v) is 3.19. The molecule has 3 nitrogen and oxygen atoms in total. The van der Waals surface area contributed by atoms with Crippen LogP contribution in [-0.2, 0) is 9.63 Å². The molecule has 0 aliphatic rings. The number of nitrogens with one attached hydrogen (secondary N) is 1. The minimum absolute atomic E-state index is 0.373. The molecule has 0 spiro atoms. The van der Waals surface area contributed by atoms with E-state index in [9.17, 15) is 4.79 Å². The van der Waals surface area contributed by atoms with E-state index >= 15 is 0 Å². The molecule has 0 heterocycles. The molecule has 11 heavy (non-hydrogen) atoms. The molecule has 0 fully saturated rings. The van der Waals surface area contributed by atoms with E-state index in [0.29, 0.717) is 5.69 Å². The molecule has 1 rings (SSSR count). The Bertz CT molecular complexity index is 233. The van der Waals surface area contributed by atoms with E-state index < -0.39 is 0 Å². The quantitative estimate of drug-likeness (QED) is 0.647. The highest BCUT2D eigenvalue weighted by Crippen LogP contribution is 2.02. The second-order valence-corrected chi connectivity index (χ2v) is 1.97. The van der Waals surface area contributed by atoms with E-state index in [-0.39, 0.29) is 5.97 Å². The van der Waals surface area contributed by atoms with Crippen LogP contribution in [-0.4, -0.2) is 5.97 Å². The van der Waals surface area contributed by atoms with Gasteiger partial charge in [-0.1, -0.05) is 18.2 Å². The molecule has 3 heteroatoms. The molecule has 0 saturated carbocycles. The highest BCUT2D eigenvalue weighted by Gasteiger charge is 1.91. The first kappa shape index (κ1) is 7.60. The van der Waals surface area contributed by atoms with Crippen molar-refractivity contribution >= 4 is 11.7 Å². The second-order valence-electron chi connectivity index (χ2n) is 1.97. The Morgan fingerprint density at radius 2 is 2.45 bits per heavy atom. The van der Waals surface area contributed by atoms with Gasteiger partial charge < -0.3 is 4.84 Å². The molecule has 1 aromatic carbocycles. The van der Waals surface area contributed by atoms with Gasteiger partial charge in [-0.05, 0) is 6.07 Å². The van der Waals surface area contributed by atoms with Crippen LogP contribution in [0.25, 0.3) is 0 Å². The third kappa shape index (κ3) is 2.71. The lowest BCUT2D eigenvalue weighted by atomic mass is 10.3. The maximum absolute atomic E-state index is 10.3. The van der Waals surface area contributed by atoms with Crippen LogP contribution < -0.4 is 5.48 Å². The van der Waals surface area contributed by atoms with Crippen molar-refractivity contribution in [2.75, 3.05) is 5.48 Å². The number of benzene rings is 1. The van der Waals surface area contributed by atoms with E-state index in [4.69, 9.17) is 0 Å². The molecule has 0 aromatic heterocycles. The van der Waals surface area contributed by atoms with Crippen molar-refractivity contribution in [3.63, 3.8) is 0 Å². The average Bonchev–Trinajstić information content (AvgIpc) is 2.03. The first-order chi connectivity index (χ1) is 5.29. The zero-order valence-electron chi connectivity index (χ0n) is 6.13. The van der Waals surface area contributed by atoms with Crippen molar-refractivity contribution in [3.8, 4) is 0 Å². The Labute approximate surface area is 64.9 Å². The van der Waals surface area contributed by atoms with Gasteiger partial charge in [0.05, 0.1) is 5.69 Å². The molecule has 0 saturated heterocycles. The number of para-hydroxylation sites is 1. The Balaban J connectivity index is 2.45. The molecule has 0 unspecified atom stereocenters. The molecule has 0 bridgehead atoms. The Hall–Kier alpha value is -1.51. The van der Waals surface area contributed by atoms with Crippen molar-refractivity contribution in [1.82, 2.24) is 0 Å². The van der Waals surface area contributed by atoms with Crippen LogP contribution in [0.5, 0.6) is 0 Å². The SMILES string of the molecule is CC(=O)ONc1[c]cccc1. The number of carbonyl (C=O) groups excluding carboxylic acids is 1. The summed E-state index contributed by atoms with van der Waals surface area (Å²) in [5, 5.41) is 0. The summed E-state index contributed by atoms with van der Waals surface area (Å²) in [5.41, 5.74) is 3.08. The minimum atomic E-state index is -0.373. The molecule has 0 amide bonds. The van der Waals surface area contributed by atoms with E-state index in [0.717, 1.165) is 0 Å². The van der Waals surface area contributed by atoms with Gasteiger partial charge in [0.1, 0.15) is 0 Å². The maximum Gasteiger partial charge on any atom is 0.329 e. The first-order valence-electron chi connectivity index (χ1n) is 3.19. The van der Waals surface area contributed by atoms with E-state index in [1.165, 1.54) is 6.92 Å². The van der Waals surface area contributed by atoms with Crippen molar-refractivity contribution in [2.45, 2.75) is 6.92 Å². The predicted octanol–water partition coefficient (Wildman–Crippen LogP) is 1.38. The summed E-state index contributed by atoms with van der Waals surface area (Å²) < 4.78 is 0. The van der Waals surface area contributed by atoms with Crippen LogP contribution >= 0.6 is 0 Å². The molecule has 1 aromatic rings. The van der Waals surface area contributed by atoms with E-state index in [1.54, 1.807) is 12.1 Å². The van der Waals surface area contributed by atoms with Crippen LogP contribution in [0.3, 0.4) is 0 Å². The van der Waals surface area contributed by atoms with Gasteiger partial charge in [0.2, 0.25) is 0 Å². The molecule has 1 N–H and O–H groups in total. The van der Waals surface area contributed by atoms with E-state index in [1.807, 2.05) is 12.1 Å². The number of hydrogen-bond acceptors (Lipinski definition) is 3. The van der Waals surface area contributed by atoms with Gasteiger partial charge in [-0.3, -0.25) is 4.79 Å². The summed E-state index contributed by atoms with van der Waals surface area (Å²) in [6.45, 7) is 1.33. The lowest BCUT2D eigenvalue weighted by molar-refractivity contribution is -0.138. The number of anilines is 1. The largest absolute Gasteiger partial charge is 0.344 e. The Morgan fingerprint density at radius 3 is 3.00 bits per heavy atom. The summed E-state index contributed by atoms with van der Waals surface area (Å²) in [6, 6.07) is 9.97. The molecule has 57 valence electrons. The van der Waals surface area contributed by atoms with Crippen LogP contribution in [0.2, 0.25) is 0 Å². The zero-order chi connectivity index (χ0) is 8.10. The lowest BCUT2D eigenvalue weighted by Crippen LogP contribution is -2.05. The number of carbonyl (C=O) groups is 1. The van der Waals surface area contributed by atoms with Gasteiger partial charge in [-0.2, -0.15) is 0 Å². The topological polar surface area (TPSA) is 38.3 Å². The fraction of sp³-hybridized carbons (Fsp3) is 0.125. The minimum Gasteiger partial charge on any atom is -0.344 e. The molecule has 0 aliphatic heterocycles. The van der Waals surface area contributed by atoms with Crippen LogP contribution in [0.1, 0.15) is 6.92 Å². The maximum atomic E-state index is 10.3. The van der Waals surface area contributed by atoms with Crippen LogP contribution in [0.15, 0.2) is 24.3 Å². The third-order valence-corrected chi connectivity index (χ3v) is 1.01. The highest BCUT2D eigenvalue weighted by molar-refractivity contribution is 5.67. The van der Waals surface area contributed by atoms with Gasteiger partial charge in [0, 0.05) is 13.0 Å². The van der Waals surface area contributed by atoms with Crippen molar-refractivity contribution < 1.29 is 9.63 Å². The fourth-order valence-corrected chi connectivity index (χ4v) is 0.584. The summed E-state index contributed by atoms with van der Waals surface area (Å²) in [4.78, 5) is 14.8. The van der Waals surface area contributed by atoms with E-state index in [2.05, 4.69) is 16.4 Å². The molecular weight excluding hydrogens is 142 g/mol. The zero-order valence-corrected chi connectivity index (χ0v) is 6.13. The van der Waals surface area contributed by atoms with Crippen molar-refractivity contribution in [1.29, 1.82) is 0 Å². The summed E-state index contributed by atoms with van der Waals surface area (Å²) in [5.74, 6) is -0.373. The molecule has 0 atom stereocenters. The Morgan fingerprint density at radius 1 is 1.64 bits per heavy atom. The number of hydrogen-bond donors (Lipinski definition) is 1. The van der Waals surface area contributed by atoms with Crippen molar-refractivity contribution in [3.05, 3.63) is 30.3 Å². The van der Waals surface area contributed by atoms with Gasteiger partial charge >= 0.3 is 5.97 Å².